The average Bonchev–Trinajstić information content (AvgIpc) is 2.52. The van der Waals surface area contributed by atoms with E-state index in [-0.39, 0.29) is 0 Å². The summed E-state index contributed by atoms with van der Waals surface area (Å²) in [7, 11) is 1.65. The number of methoxy groups -OCH3 is 1. The zero-order valence-corrected chi connectivity index (χ0v) is 13.1. The third kappa shape index (κ3) is 3.70. The number of nitrogens with zero attached hydrogens (tertiary/aromatic N) is 2. The van der Waals surface area contributed by atoms with Crippen LogP contribution in [0.25, 0.3) is 0 Å². The summed E-state index contributed by atoms with van der Waals surface area (Å²) in [4.78, 5) is 6.65. The molecule has 1 aromatic heterocycles. The minimum absolute atomic E-state index is 0.390. The van der Waals surface area contributed by atoms with Crippen LogP contribution in [0.3, 0.4) is 0 Å². The quantitative estimate of drug-likeness (QED) is 0.831. The molecule has 0 saturated carbocycles. The van der Waals surface area contributed by atoms with Gasteiger partial charge in [0.05, 0.1) is 12.8 Å². The maximum atomic E-state index is 5.85. The lowest BCUT2D eigenvalue weighted by Gasteiger charge is -2.26. The van der Waals surface area contributed by atoms with Gasteiger partial charge in [-0.2, -0.15) is 0 Å². The standard InChI is InChI=1S/C16H19N3OS/c1-3-19(11-12-6-8-18-9-7-12)15-10-13(20-2)4-5-14(15)16(17)21/h4-10H,3,11H2,1-2H3,(H2,17,21). The molecule has 110 valence electrons. The van der Waals surface area contributed by atoms with Crippen molar-refractivity contribution in [2.45, 2.75) is 13.5 Å². The van der Waals surface area contributed by atoms with Crippen molar-refractivity contribution < 1.29 is 4.74 Å². The first-order valence-electron chi connectivity index (χ1n) is 6.77. The summed E-state index contributed by atoms with van der Waals surface area (Å²) in [6.07, 6.45) is 3.59. The first kappa shape index (κ1) is 15.3. The Labute approximate surface area is 130 Å². The molecule has 1 heterocycles. The molecule has 0 saturated heterocycles. The summed E-state index contributed by atoms with van der Waals surface area (Å²) in [6.45, 7) is 3.71. The second-order valence-corrected chi connectivity index (χ2v) is 5.06. The summed E-state index contributed by atoms with van der Waals surface area (Å²) < 4.78 is 5.31. The van der Waals surface area contributed by atoms with Crippen LogP contribution in [0.15, 0.2) is 42.7 Å². The van der Waals surface area contributed by atoms with Crippen molar-refractivity contribution in [2.24, 2.45) is 5.73 Å². The Balaban J connectivity index is 2.38. The van der Waals surface area contributed by atoms with E-state index in [2.05, 4.69) is 16.8 Å². The Bertz CT molecular complexity index is 616. The molecule has 2 N–H and O–H groups in total. The van der Waals surface area contributed by atoms with Crippen molar-refractivity contribution in [3.05, 3.63) is 53.9 Å². The van der Waals surface area contributed by atoms with Gasteiger partial charge in [-0.1, -0.05) is 12.2 Å². The van der Waals surface area contributed by atoms with E-state index in [1.54, 1.807) is 19.5 Å². The predicted molar refractivity (Wildman–Crippen MR) is 89.8 cm³/mol. The zero-order valence-electron chi connectivity index (χ0n) is 12.2. The van der Waals surface area contributed by atoms with Crippen molar-refractivity contribution in [1.82, 2.24) is 4.98 Å². The van der Waals surface area contributed by atoms with Crippen LogP contribution in [0.2, 0.25) is 0 Å². The van der Waals surface area contributed by atoms with Gasteiger partial charge in [0.1, 0.15) is 10.7 Å². The monoisotopic (exact) mass is 301 g/mol. The Morgan fingerprint density at radius 2 is 2.00 bits per heavy atom. The SMILES string of the molecule is CCN(Cc1ccncc1)c1cc(OC)ccc1C(N)=S. The summed E-state index contributed by atoms with van der Waals surface area (Å²) in [5.41, 5.74) is 8.88. The number of nitrogens with two attached hydrogens (primary N) is 1. The third-order valence-electron chi connectivity index (χ3n) is 3.32. The fraction of sp³-hybridized carbons (Fsp3) is 0.250. The molecule has 0 aliphatic heterocycles. The van der Waals surface area contributed by atoms with Gasteiger partial charge in [0.2, 0.25) is 0 Å². The van der Waals surface area contributed by atoms with Crippen LogP contribution < -0.4 is 15.4 Å². The van der Waals surface area contributed by atoms with Gasteiger partial charge in [0, 0.05) is 37.1 Å². The molecule has 0 amide bonds. The molecule has 1 aromatic carbocycles. The highest BCUT2D eigenvalue weighted by Crippen LogP contribution is 2.27. The first-order chi connectivity index (χ1) is 10.2. The van der Waals surface area contributed by atoms with Crippen molar-refractivity contribution in [3.63, 3.8) is 0 Å². The van der Waals surface area contributed by atoms with E-state index in [4.69, 9.17) is 22.7 Å². The van der Waals surface area contributed by atoms with Gasteiger partial charge in [-0.3, -0.25) is 4.98 Å². The minimum atomic E-state index is 0.390. The summed E-state index contributed by atoms with van der Waals surface area (Å²) in [5, 5.41) is 0. The maximum absolute atomic E-state index is 5.85. The number of thiocarbonyl (C=S) groups is 1. The smallest absolute Gasteiger partial charge is 0.120 e. The molecular weight excluding hydrogens is 282 g/mol. The van der Waals surface area contributed by atoms with Crippen LogP contribution in [0, 0.1) is 0 Å². The van der Waals surface area contributed by atoms with Crippen molar-refractivity contribution in [2.75, 3.05) is 18.6 Å². The highest BCUT2D eigenvalue weighted by Gasteiger charge is 2.13. The van der Waals surface area contributed by atoms with Gasteiger partial charge in [-0.05, 0) is 36.8 Å². The van der Waals surface area contributed by atoms with Gasteiger partial charge >= 0.3 is 0 Å². The van der Waals surface area contributed by atoms with E-state index < -0.39 is 0 Å². The lowest BCUT2D eigenvalue weighted by atomic mass is 10.1. The molecule has 2 rings (SSSR count). The van der Waals surface area contributed by atoms with E-state index >= 15 is 0 Å². The van der Waals surface area contributed by atoms with Gasteiger partial charge in [-0.25, -0.2) is 0 Å². The van der Waals surface area contributed by atoms with Gasteiger partial charge in [0.25, 0.3) is 0 Å². The maximum Gasteiger partial charge on any atom is 0.120 e. The van der Waals surface area contributed by atoms with Crippen LogP contribution in [0.1, 0.15) is 18.1 Å². The predicted octanol–water partition coefficient (Wildman–Crippen LogP) is 2.75. The lowest BCUT2D eigenvalue weighted by molar-refractivity contribution is 0.414. The number of pyridine rings is 1. The Kier molecular flexibility index (Phi) is 5.11. The largest absolute Gasteiger partial charge is 0.497 e. The van der Waals surface area contributed by atoms with E-state index in [1.165, 1.54) is 5.56 Å². The molecular formula is C16H19N3OS. The summed E-state index contributed by atoms with van der Waals surface area (Å²) in [6, 6.07) is 9.76. The molecule has 0 atom stereocenters. The molecule has 4 nitrogen and oxygen atoms in total. The number of rotatable bonds is 6. The first-order valence-corrected chi connectivity index (χ1v) is 7.18. The molecule has 21 heavy (non-hydrogen) atoms. The van der Waals surface area contributed by atoms with Crippen molar-refractivity contribution in [1.29, 1.82) is 0 Å². The van der Waals surface area contributed by atoms with Crippen molar-refractivity contribution >= 4 is 22.9 Å². The Hall–Kier alpha value is -2.14. The summed E-state index contributed by atoms with van der Waals surface area (Å²) >= 11 is 5.16. The molecule has 0 spiro atoms. The summed E-state index contributed by atoms with van der Waals surface area (Å²) in [5.74, 6) is 0.790. The van der Waals surface area contributed by atoms with Crippen LogP contribution in [0.4, 0.5) is 5.69 Å². The fourth-order valence-corrected chi connectivity index (χ4v) is 2.36. The van der Waals surface area contributed by atoms with Gasteiger partial charge in [-0.15, -0.1) is 0 Å². The Morgan fingerprint density at radius 1 is 1.29 bits per heavy atom. The van der Waals surface area contributed by atoms with Crippen LogP contribution in [-0.4, -0.2) is 23.6 Å². The molecule has 2 aromatic rings. The van der Waals surface area contributed by atoms with Crippen molar-refractivity contribution in [3.8, 4) is 5.75 Å². The Morgan fingerprint density at radius 3 is 2.57 bits per heavy atom. The second kappa shape index (κ2) is 7.04. The number of anilines is 1. The van der Waals surface area contributed by atoms with Crippen LogP contribution >= 0.6 is 12.2 Å². The molecule has 0 aliphatic carbocycles. The average molecular weight is 301 g/mol. The molecule has 0 radical (unpaired) electrons. The normalized spacial score (nSPS) is 10.2. The highest BCUT2D eigenvalue weighted by molar-refractivity contribution is 7.80. The highest BCUT2D eigenvalue weighted by atomic mass is 32.1. The number of hydrogen-bond acceptors (Lipinski definition) is 4. The topological polar surface area (TPSA) is 51.4 Å². The zero-order chi connectivity index (χ0) is 15.2. The number of benzene rings is 1. The molecule has 0 unspecified atom stereocenters. The fourth-order valence-electron chi connectivity index (χ4n) is 2.18. The van der Waals surface area contributed by atoms with E-state index in [1.807, 2.05) is 30.3 Å². The van der Waals surface area contributed by atoms with E-state index in [0.717, 1.165) is 30.1 Å². The van der Waals surface area contributed by atoms with E-state index in [9.17, 15) is 0 Å². The number of ether oxygens (including phenoxy) is 1. The van der Waals surface area contributed by atoms with Crippen LogP contribution in [0.5, 0.6) is 5.75 Å². The molecule has 0 aliphatic rings. The molecule has 5 heteroatoms. The molecule has 0 bridgehead atoms. The lowest BCUT2D eigenvalue weighted by Crippen LogP contribution is -2.25. The van der Waals surface area contributed by atoms with E-state index in [0.29, 0.717) is 4.99 Å². The van der Waals surface area contributed by atoms with Crippen LogP contribution in [-0.2, 0) is 6.54 Å². The number of aromatic nitrogens is 1. The minimum Gasteiger partial charge on any atom is -0.497 e. The number of hydrogen-bond donors (Lipinski definition) is 1. The molecule has 0 fully saturated rings. The second-order valence-electron chi connectivity index (χ2n) is 4.62. The van der Waals surface area contributed by atoms with Gasteiger partial charge in [0.15, 0.2) is 0 Å². The van der Waals surface area contributed by atoms with Gasteiger partial charge < -0.3 is 15.4 Å². The third-order valence-corrected chi connectivity index (χ3v) is 3.54.